The maximum absolute atomic E-state index is 12.9. The molecule has 0 aliphatic heterocycles. The van der Waals surface area contributed by atoms with Crippen molar-refractivity contribution in [2.75, 3.05) is 6.61 Å². The largest absolute Gasteiger partial charge is 0.461 e. The lowest BCUT2D eigenvalue weighted by Crippen LogP contribution is -2.23. The molecule has 0 atom stereocenters. The van der Waals surface area contributed by atoms with E-state index in [0.29, 0.717) is 12.3 Å². The molecule has 2 aromatic rings. The minimum absolute atomic E-state index is 0.0606. The zero-order valence-corrected chi connectivity index (χ0v) is 14.9. The fraction of sp³-hybridized carbons (Fsp3) is 0.250. The van der Waals surface area contributed by atoms with Gasteiger partial charge in [0.05, 0.1) is 12.2 Å². The first-order valence-corrected chi connectivity index (χ1v) is 8.42. The van der Waals surface area contributed by atoms with Gasteiger partial charge in [0.2, 0.25) is 5.78 Å². The highest BCUT2D eigenvalue weighted by molar-refractivity contribution is 6.24. The van der Waals surface area contributed by atoms with Gasteiger partial charge >= 0.3 is 5.97 Å². The van der Waals surface area contributed by atoms with Gasteiger partial charge in [-0.2, -0.15) is 0 Å². The Hall–Kier alpha value is -3.15. The molecule has 1 heterocycles. The molecule has 0 amide bonds. The van der Waals surface area contributed by atoms with Gasteiger partial charge in [0, 0.05) is 12.6 Å². The maximum atomic E-state index is 12.9. The predicted octanol–water partition coefficient (Wildman–Crippen LogP) is 3.34. The Morgan fingerprint density at radius 3 is 2.42 bits per heavy atom. The van der Waals surface area contributed by atoms with E-state index < -0.39 is 11.8 Å². The van der Waals surface area contributed by atoms with Crippen LogP contribution in [0.2, 0.25) is 0 Å². The van der Waals surface area contributed by atoms with Crippen molar-refractivity contribution in [2.45, 2.75) is 27.3 Å². The zero-order chi connectivity index (χ0) is 18.8. The Morgan fingerprint density at radius 1 is 1.12 bits per heavy atom. The number of nitrogens with zero attached hydrogens (tertiary/aromatic N) is 1. The van der Waals surface area contributed by atoms with E-state index in [1.165, 1.54) is 16.7 Å². The quantitative estimate of drug-likeness (QED) is 0.771. The molecule has 1 aromatic heterocycles. The van der Waals surface area contributed by atoms with Crippen LogP contribution in [0.3, 0.4) is 0 Å². The van der Waals surface area contributed by atoms with Crippen LogP contribution in [0.15, 0.2) is 42.2 Å². The van der Waals surface area contributed by atoms with Gasteiger partial charge in [-0.3, -0.25) is 9.59 Å². The molecular formula is C20H19NO5. The van der Waals surface area contributed by atoms with E-state index in [9.17, 15) is 14.4 Å². The van der Waals surface area contributed by atoms with Crippen LogP contribution in [0.25, 0.3) is 0 Å². The molecule has 0 N–H and O–H groups in total. The van der Waals surface area contributed by atoms with Gasteiger partial charge in [0.15, 0.2) is 11.5 Å². The van der Waals surface area contributed by atoms with E-state index in [2.05, 4.69) is 0 Å². The molecule has 0 spiro atoms. The number of carbonyl (C=O) groups excluding carboxylic acids is 3. The van der Waals surface area contributed by atoms with E-state index in [1.54, 1.807) is 26.0 Å². The van der Waals surface area contributed by atoms with Crippen molar-refractivity contribution < 1.29 is 23.9 Å². The van der Waals surface area contributed by atoms with E-state index >= 15 is 0 Å². The number of esters is 1. The lowest BCUT2D eigenvalue weighted by atomic mass is 10.0. The second-order valence-corrected chi connectivity index (χ2v) is 5.87. The minimum atomic E-state index is -0.564. The maximum Gasteiger partial charge on any atom is 0.354 e. The first-order chi connectivity index (χ1) is 12.5. The van der Waals surface area contributed by atoms with Crippen molar-refractivity contribution in [1.82, 2.24) is 4.57 Å². The number of benzene rings is 1. The number of rotatable bonds is 5. The second kappa shape index (κ2) is 7.00. The van der Waals surface area contributed by atoms with Gasteiger partial charge in [0.1, 0.15) is 17.1 Å². The lowest BCUT2D eigenvalue weighted by Gasteiger charge is -2.16. The summed E-state index contributed by atoms with van der Waals surface area (Å²) in [7, 11) is 0. The molecular weight excluding hydrogens is 334 g/mol. The topological polar surface area (TPSA) is 74.6 Å². The molecule has 1 aliphatic carbocycles. The highest BCUT2D eigenvalue weighted by Gasteiger charge is 2.34. The van der Waals surface area contributed by atoms with Crippen molar-refractivity contribution in [3.63, 3.8) is 0 Å². The summed E-state index contributed by atoms with van der Waals surface area (Å²) in [6.45, 7) is 5.98. The summed E-state index contributed by atoms with van der Waals surface area (Å²) >= 11 is 0. The molecule has 3 rings (SSSR count). The van der Waals surface area contributed by atoms with Crippen molar-refractivity contribution in [2.24, 2.45) is 0 Å². The third-order valence-corrected chi connectivity index (χ3v) is 4.11. The fourth-order valence-electron chi connectivity index (χ4n) is 2.87. The van der Waals surface area contributed by atoms with Gasteiger partial charge in [-0.15, -0.1) is 0 Å². The van der Waals surface area contributed by atoms with E-state index in [-0.39, 0.29) is 35.1 Å². The first kappa shape index (κ1) is 17.7. The number of carbonyl (C=O) groups is 3. The van der Waals surface area contributed by atoms with Gasteiger partial charge in [0.25, 0.3) is 0 Å². The molecule has 0 saturated heterocycles. The molecule has 0 fully saturated rings. The van der Waals surface area contributed by atoms with Crippen LogP contribution in [-0.2, 0) is 11.3 Å². The molecule has 0 unspecified atom stereocenters. The van der Waals surface area contributed by atoms with Gasteiger partial charge in [-0.25, -0.2) is 4.79 Å². The molecule has 6 heteroatoms. The van der Waals surface area contributed by atoms with Crippen LogP contribution in [0, 0.1) is 6.92 Å². The number of hydrogen-bond acceptors (Lipinski definition) is 5. The van der Waals surface area contributed by atoms with E-state index in [1.807, 2.05) is 19.1 Å². The Bertz CT molecular complexity index is 918. The number of fused-ring (bicyclic) bond motifs is 1. The normalized spacial score (nSPS) is 13.3. The second-order valence-electron chi connectivity index (χ2n) is 5.87. The molecule has 0 saturated carbocycles. The van der Waals surface area contributed by atoms with Gasteiger partial charge < -0.3 is 14.0 Å². The molecule has 0 bridgehead atoms. The van der Waals surface area contributed by atoms with E-state index in [0.717, 1.165) is 5.56 Å². The number of ketones is 2. The van der Waals surface area contributed by atoms with Crippen LogP contribution in [0.4, 0.5) is 0 Å². The third kappa shape index (κ3) is 3.06. The number of Topliss-reactive ketones (excluding diaryl/α,β-unsaturated/α-hetero) is 1. The highest BCUT2D eigenvalue weighted by atomic mass is 16.5. The average molecular weight is 353 g/mol. The Labute approximate surface area is 151 Å². The smallest absolute Gasteiger partial charge is 0.354 e. The summed E-state index contributed by atoms with van der Waals surface area (Å²) in [5, 5.41) is 0. The van der Waals surface area contributed by atoms with Crippen molar-refractivity contribution >= 4 is 17.5 Å². The third-order valence-electron chi connectivity index (χ3n) is 4.11. The molecule has 134 valence electrons. The molecule has 26 heavy (non-hydrogen) atoms. The summed E-state index contributed by atoms with van der Waals surface area (Å²) in [6, 6.07) is 8.57. The number of ether oxygens (including phenoxy) is 2. The standard InChI is InChI=1S/C20H19NO5/c1-4-21-15(20(24)25-5-2)10-14-16(22)11-17(19(23)18(14)21)26-13-8-6-12(3)7-9-13/h6-11H,4-5H2,1-3H3. The summed E-state index contributed by atoms with van der Waals surface area (Å²) in [5.41, 5.74) is 1.59. The Balaban J connectivity index is 1.99. The molecule has 6 nitrogen and oxygen atoms in total. The fourth-order valence-corrected chi connectivity index (χ4v) is 2.87. The number of aromatic nitrogens is 1. The van der Waals surface area contributed by atoms with Gasteiger partial charge in [-0.1, -0.05) is 17.7 Å². The predicted molar refractivity (Wildman–Crippen MR) is 94.6 cm³/mol. The highest BCUT2D eigenvalue weighted by Crippen LogP contribution is 2.27. The Morgan fingerprint density at radius 2 is 1.81 bits per heavy atom. The van der Waals surface area contributed by atoms with Crippen LogP contribution in [-0.4, -0.2) is 28.7 Å². The summed E-state index contributed by atoms with van der Waals surface area (Å²) in [4.78, 5) is 37.5. The average Bonchev–Trinajstić information content (AvgIpc) is 3.02. The summed E-state index contributed by atoms with van der Waals surface area (Å²) in [5.74, 6) is -0.969. The number of hydrogen-bond donors (Lipinski definition) is 0. The Kier molecular flexibility index (Phi) is 4.75. The van der Waals surface area contributed by atoms with Crippen LogP contribution in [0.1, 0.15) is 50.7 Å². The number of allylic oxidation sites excluding steroid dienone is 2. The first-order valence-electron chi connectivity index (χ1n) is 8.42. The summed E-state index contributed by atoms with van der Waals surface area (Å²) in [6.07, 6.45) is 1.17. The minimum Gasteiger partial charge on any atom is -0.461 e. The summed E-state index contributed by atoms with van der Waals surface area (Å²) < 4.78 is 12.1. The SMILES string of the molecule is CCOC(=O)c1cc2c(n1CC)C(=O)C(Oc1ccc(C)cc1)=CC2=O. The van der Waals surface area contributed by atoms with Crippen molar-refractivity contribution in [1.29, 1.82) is 0 Å². The lowest BCUT2D eigenvalue weighted by molar-refractivity contribution is 0.0513. The van der Waals surface area contributed by atoms with Crippen LogP contribution >= 0.6 is 0 Å². The number of aryl methyl sites for hydroxylation is 1. The zero-order valence-electron chi connectivity index (χ0n) is 14.9. The van der Waals surface area contributed by atoms with Crippen molar-refractivity contribution in [3.8, 4) is 5.75 Å². The van der Waals surface area contributed by atoms with Crippen LogP contribution in [0.5, 0.6) is 5.75 Å². The molecule has 1 aromatic carbocycles. The van der Waals surface area contributed by atoms with Crippen molar-refractivity contribution in [3.05, 3.63) is 64.7 Å². The monoisotopic (exact) mass is 353 g/mol. The van der Waals surface area contributed by atoms with Crippen LogP contribution < -0.4 is 4.74 Å². The van der Waals surface area contributed by atoms with E-state index in [4.69, 9.17) is 9.47 Å². The molecule has 1 aliphatic rings. The molecule has 0 radical (unpaired) electrons. The van der Waals surface area contributed by atoms with Gasteiger partial charge in [-0.05, 0) is 39.0 Å².